The number of amides is 1. The van der Waals surface area contributed by atoms with Gasteiger partial charge in [-0.15, -0.1) is 0 Å². The molecule has 0 aliphatic carbocycles. The number of carboxylic acids is 1. The lowest BCUT2D eigenvalue weighted by molar-refractivity contribution is -0.131. The molecule has 0 spiro atoms. The van der Waals surface area contributed by atoms with Gasteiger partial charge in [-0.25, -0.2) is 9.78 Å². The summed E-state index contributed by atoms with van der Waals surface area (Å²) in [5.41, 5.74) is 3.38. The van der Waals surface area contributed by atoms with Crippen LogP contribution in [0, 0.1) is 0 Å². The van der Waals surface area contributed by atoms with Gasteiger partial charge in [0.05, 0.1) is 11.4 Å². The third-order valence-electron chi connectivity index (χ3n) is 6.56. The smallest absolute Gasteiger partial charge is 0.377 e. The Morgan fingerprint density at radius 2 is 1.75 bits per heavy atom. The number of pyridine rings is 1. The second-order valence-corrected chi connectivity index (χ2v) is 9.20. The number of nitrogens with zero attached hydrogens (tertiary/aromatic N) is 4. The van der Waals surface area contributed by atoms with Crippen LogP contribution in [-0.2, 0) is 4.79 Å². The molecule has 36 heavy (non-hydrogen) atoms. The minimum absolute atomic E-state index is 0.00938. The minimum atomic E-state index is -1.55. The molecule has 2 aromatic carbocycles. The summed E-state index contributed by atoms with van der Waals surface area (Å²) in [6.07, 6.45) is 1.82. The SMILES string of the molecule is CN1c2cc(Cl)ccc2NC1c1ccc(N2CCN(C(=O)c3cccc(C(=O)C(=O)O)c3)CC2)nc1. The van der Waals surface area contributed by atoms with E-state index in [9.17, 15) is 14.4 Å². The topological polar surface area (TPSA) is 106 Å². The Kier molecular flexibility index (Phi) is 6.24. The number of carbonyl (C=O) groups is 3. The van der Waals surface area contributed by atoms with Gasteiger partial charge in [0.25, 0.3) is 11.7 Å². The van der Waals surface area contributed by atoms with Crippen LogP contribution >= 0.6 is 11.6 Å². The van der Waals surface area contributed by atoms with Crippen LogP contribution in [0.25, 0.3) is 0 Å². The third kappa shape index (κ3) is 4.45. The van der Waals surface area contributed by atoms with Crippen molar-refractivity contribution in [3.8, 4) is 0 Å². The van der Waals surface area contributed by atoms with Crippen LogP contribution in [0.15, 0.2) is 60.8 Å². The Balaban J connectivity index is 1.21. The lowest BCUT2D eigenvalue weighted by Gasteiger charge is -2.35. The molecule has 0 radical (unpaired) electrons. The molecule has 1 unspecified atom stereocenters. The Morgan fingerprint density at radius 1 is 1.00 bits per heavy atom. The number of ketones is 1. The number of Topliss-reactive ketones (excluding diaryl/α,β-unsaturated/α-hetero) is 1. The molecular weight excluding hydrogens is 482 g/mol. The number of benzene rings is 2. The second-order valence-electron chi connectivity index (χ2n) is 8.76. The highest BCUT2D eigenvalue weighted by molar-refractivity contribution is 6.40. The van der Waals surface area contributed by atoms with Gasteiger partial charge < -0.3 is 25.1 Å². The van der Waals surface area contributed by atoms with Gasteiger partial charge in [-0.3, -0.25) is 9.59 Å². The monoisotopic (exact) mass is 505 g/mol. The van der Waals surface area contributed by atoms with E-state index in [1.807, 2.05) is 43.6 Å². The number of halogens is 1. The fourth-order valence-electron chi connectivity index (χ4n) is 4.59. The van der Waals surface area contributed by atoms with Gasteiger partial charge in [0.15, 0.2) is 0 Å². The van der Waals surface area contributed by atoms with E-state index in [1.54, 1.807) is 11.0 Å². The van der Waals surface area contributed by atoms with Crippen molar-refractivity contribution in [2.24, 2.45) is 0 Å². The standard InChI is InChI=1S/C26H24ClN5O4/c1-30-21-14-19(27)6-7-20(21)29-24(30)18-5-8-22(28-15-18)31-9-11-32(12-10-31)25(34)17-4-2-3-16(13-17)23(33)26(35)36/h2-8,13-15,24,29H,9-12H2,1H3,(H,35,36). The molecule has 9 nitrogen and oxygen atoms in total. The molecule has 1 fully saturated rings. The Morgan fingerprint density at radius 3 is 2.44 bits per heavy atom. The van der Waals surface area contributed by atoms with E-state index in [0.717, 1.165) is 22.8 Å². The van der Waals surface area contributed by atoms with Crippen molar-refractivity contribution < 1.29 is 19.5 Å². The van der Waals surface area contributed by atoms with Crippen molar-refractivity contribution in [2.75, 3.05) is 48.3 Å². The number of hydrogen-bond donors (Lipinski definition) is 2. The average molecular weight is 506 g/mol. The van der Waals surface area contributed by atoms with Crippen molar-refractivity contribution >= 4 is 46.5 Å². The predicted molar refractivity (Wildman–Crippen MR) is 137 cm³/mol. The van der Waals surface area contributed by atoms with Gasteiger partial charge in [-0.05, 0) is 42.5 Å². The van der Waals surface area contributed by atoms with E-state index >= 15 is 0 Å². The molecular formula is C26H24ClN5O4. The van der Waals surface area contributed by atoms with Crippen molar-refractivity contribution in [2.45, 2.75) is 6.17 Å². The molecule has 3 aromatic rings. The van der Waals surface area contributed by atoms with Crippen molar-refractivity contribution in [3.63, 3.8) is 0 Å². The first-order valence-electron chi connectivity index (χ1n) is 11.5. The molecule has 0 bridgehead atoms. The largest absolute Gasteiger partial charge is 0.475 e. The molecule has 3 heterocycles. The van der Waals surface area contributed by atoms with E-state index in [4.69, 9.17) is 16.7 Å². The quantitative estimate of drug-likeness (QED) is 0.401. The summed E-state index contributed by atoms with van der Waals surface area (Å²) in [6, 6.07) is 15.7. The molecule has 0 saturated carbocycles. The minimum Gasteiger partial charge on any atom is -0.475 e. The molecule has 2 aliphatic rings. The molecule has 2 aliphatic heterocycles. The van der Waals surface area contributed by atoms with Crippen LogP contribution in [0.5, 0.6) is 0 Å². The maximum atomic E-state index is 12.9. The highest BCUT2D eigenvalue weighted by atomic mass is 35.5. The van der Waals surface area contributed by atoms with Gasteiger partial charge in [-0.1, -0.05) is 23.7 Å². The van der Waals surface area contributed by atoms with Crippen LogP contribution in [0.3, 0.4) is 0 Å². The summed E-state index contributed by atoms with van der Waals surface area (Å²) < 4.78 is 0. The first kappa shape index (κ1) is 23.6. The zero-order chi connectivity index (χ0) is 25.4. The van der Waals surface area contributed by atoms with E-state index < -0.39 is 11.8 Å². The number of aliphatic carboxylic acids is 1. The molecule has 184 valence electrons. The maximum Gasteiger partial charge on any atom is 0.377 e. The molecule has 1 atom stereocenters. The van der Waals surface area contributed by atoms with Crippen LogP contribution < -0.4 is 15.1 Å². The number of carboxylic acid groups (broad SMARTS) is 1. The van der Waals surface area contributed by atoms with Crippen molar-refractivity contribution in [1.82, 2.24) is 9.88 Å². The zero-order valence-electron chi connectivity index (χ0n) is 19.5. The number of anilines is 3. The molecule has 10 heteroatoms. The zero-order valence-corrected chi connectivity index (χ0v) is 20.3. The number of piperazine rings is 1. The number of hydrogen-bond acceptors (Lipinski definition) is 7. The summed E-state index contributed by atoms with van der Waals surface area (Å²) in [7, 11) is 2.01. The normalized spacial score (nSPS) is 16.9. The first-order chi connectivity index (χ1) is 17.3. The summed E-state index contributed by atoms with van der Waals surface area (Å²) >= 11 is 6.15. The molecule has 5 rings (SSSR count). The average Bonchev–Trinajstić information content (AvgIpc) is 3.23. The summed E-state index contributed by atoms with van der Waals surface area (Å²) in [5, 5.41) is 13.1. The van der Waals surface area contributed by atoms with Crippen molar-refractivity contribution in [1.29, 1.82) is 0 Å². The van der Waals surface area contributed by atoms with Gasteiger partial charge >= 0.3 is 5.97 Å². The van der Waals surface area contributed by atoms with Crippen LogP contribution in [0.1, 0.15) is 32.4 Å². The lowest BCUT2D eigenvalue weighted by Crippen LogP contribution is -2.49. The predicted octanol–water partition coefficient (Wildman–Crippen LogP) is 3.53. The van der Waals surface area contributed by atoms with Crippen LogP contribution in [-0.4, -0.2) is 65.9 Å². The number of nitrogens with one attached hydrogen (secondary N) is 1. The Labute approximate surface area is 212 Å². The summed E-state index contributed by atoms with van der Waals surface area (Å²) in [4.78, 5) is 46.3. The van der Waals surface area contributed by atoms with Crippen molar-refractivity contribution in [3.05, 3.63) is 82.5 Å². The fraction of sp³-hybridized carbons (Fsp3) is 0.231. The van der Waals surface area contributed by atoms with E-state index in [0.29, 0.717) is 36.8 Å². The maximum absolute atomic E-state index is 12.9. The summed E-state index contributed by atoms with van der Waals surface area (Å²) in [6.45, 7) is 2.19. The Bertz CT molecular complexity index is 1340. The van der Waals surface area contributed by atoms with Gasteiger partial charge in [0.2, 0.25) is 0 Å². The van der Waals surface area contributed by atoms with Crippen LogP contribution in [0.4, 0.5) is 17.2 Å². The molecule has 1 amide bonds. The van der Waals surface area contributed by atoms with Gasteiger partial charge in [0, 0.05) is 61.1 Å². The van der Waals surface area contributed by atoms with Gasteiger partial charge in [-0.2, -0.15) is 0 Å². The number of fused-ring (bicyclic) bond motifs is 1. The van der Waals surface area contributed by atoms with E-state index in [1.165, 1.54) is 18.2 Å². The number of aromatic nitrogens is 1. The molecule has 1 aromatic heterocycles. The first-order valence-corrected chi connectivity index (χ1v) is 11.9. The van der Waals surface area contributed by atoms with Gasteiger partial charge in [0.1, 0.15) is 12.0 Å². The van der Waals surface area contributed by atoms with E-state index in [-0.39, 0.29) is 17.6 Å². The molecule has 1 saturated heterocycles. The lowest BCUT2D eigenvalue weighted by atomic mass is 10.1. The second kappa shape index (κ2) is 9.50. The summed E-state index contributed by atoms with van der Waals surface area (Å²) in [5.74, 6) is -1.97. The molecule has 2 N–H and O–H groups in total. The third-order valence-corrected chi connectivity index (χ3v) is 6.80. The Hall–Kier alpha value is -4.11. The fourth-order valence-corrected chi connectivity index (χ4v) is 4.76. The highest BCUT2D eigenvalue weighted by Crippen LogP contribution is 2.41. The van der Waals surface area contributed by atoms with E-state index in [2.05, 4.69) is 20.1 Å². The number of rotatable bonds is 5. The van der Waals surface area contributed by atoms with Crippen LogP contribution in [0.2, 0.25) is 5.02 Å². The number of carbonyl (C=O) groups excluding carboxylic acids is 2. The highest BCUT2D eigenvalue weighted by Gasteiger charge is 2.28.